The number of aromatic nitrogens is 4. The Balaban J connectivity index is 1.50. The molecule has 0 bridgehead atoms. The van der Waals surface area contributed by atoms with Crippen molar-refractivity contribution in [1.82, 2.24) is 29.3 Å². The van der Waals surface area contributed by atoms with E-state index in [4.69, 9.17) is 4.74 Å². The highest BCUT2D eigenvalue weighted by molar-refractivity contribution is 5.88. The molecule has 12 heteroatoms. The number of rotatable bonds is 5. The Labute approximate surface area is 206 Å². The number of ether oxygens (including phenoxy) is 1. The van der Waals surface area contributed by atoms with Crippen molar-refractivity contribution in [2.75, 3.05) is 33.8 Å². The molecule has 0 atom stereocenters. The van der Waals surface area contributed by atoms with E-state index in [9.17, 15) is 23.2 Å². The average molecular weight is 502 g/mol. The fourth-order valence-corrected chi connectivity index (χ4v) is 4.31. The van der Waals surface area contributed by atoms with Gasteiger partial charge in [0.25, 0.3) is 0 Å². The molecule has 0 spiro atoms. The quantitative estimate of drug-likeness (QED) is 0.522. The summed E-state index contributed by atoms with van der Waals surface area (Å²) in [6, 6.07) is 5.53. The summed E-state index contributed by atoms with van der Waals surface area (Å²) < 4.78 is 49.0. The van der Waals surface area contributed by atoms with Gasteiger partial charge in [0, 0.05) is 39.8 Å². The Morgan fingerprint density at radius 2 is 1.97 bits per heavy atom. The summed E-state index contributed by atoms with van der Waals surface area (Å²) in [6.07, 6.45) is -1.04. The maximum absolute atomic E-state index is 13.9. The number of piperidine rings is 1. The lowest BCUT2D eigenvalue weighted by molar-refractivity contribution is -0.138. The molecule has 1 aliphatic heterocycles. The summed E-state index contributed by atoms with van der Waals surface area (Å²) in [6.45, 7) is 1.37. The van der Waals surface area contributed by atoms with E-state index in [-0.39, 0.29) is 41.4 Å². The van der Waals surface area contributed by atoms with Crippen LogP contribution in [0.15, 0.2) is 24.5 Å². The third kappa shape index (κ3) is 5.19. The number of benzene rings is 1. The molecule has 0 saturated carbocycles. The monoisotopic (exact) mass is 501 g/mol. The van der Waals surface area contributed by atoms with Gasteiger partial charge in [0.2, 0.25) is 5.82 Å². The molecule has 3 heterocycles. The maximum atomic E-state index is 13.9. The van der Waals surface area contributed by atoms with Crippen LogP contribution in [0.4, 0.5) is 18.0 Å². The second kappa shape index (κ2) is 10.0. The first-order valence-electron chi connectivity index (χ1n) is 11.5. The average Bonchev–Trinajstić information content (AvgIpc) is 3.23. The fourth-order valence-electron chi connectivity index (χ4n) is 4.31. The highest BCUT2D eigenvalue weighted by Crippen LogP contribution is 2.39. The number of amides is 2. The van der Waals surface area contributed by atoms with Crippen LogP contribution in [0.2, 0.25) is 0 Å². The zero-order chi connectivity index (χ0) is 26.0. The van der Waals surface area contributed by atoms with Crippen LogP contribution in [0.1, 0.15) is 30.7 Å². The normalized spacial score (nSPS) is 14.6. The molecule has 0 radical (unpaired) electrons. The minimum Gasteiger partial charge on any atom is -0.493 e. The van der Waals surface area contributed by atoms with E-state index in [2.05, 4.69) is 15.0 Å². The summed E-state index contributed by atoms with van der Waals surface area (Å²) in [7, 11) is 5.09. The van der Waals surface area contributed by atoms with Gasteiger partial charge in [-0.3, -0.25) is 0 Å². The molecule has 2 amide bonds. The van der Waals surface area contributed by atoms with Crippen molar-refractivity contribution >= 4 is 17.2 Å². The molecule has 1 fully saturated rings. The number of imidazole rings is 1. The summed E-state index contributed by atoms with van der Waals surface area (Å²) in [5.41, 5.74) is 0.0391. The van der Waals surface area contributed by atoms with Gasteiger partial charge in [-0.25, -0.2) is 14.8 Å². The van der Waals surface area contributed by atoms with Crippen molar-refractivity contribution in [2.24, 2.45) is 13.0 Å². The van der Waals surface area contributed by atoms with Crippen LogP contribution < -0.4 is 4.74 Å². The number of nitriles is 1. The van der Waals surface area contributed by atoms with Crippen LogP contribution in [-0.4, -0.2) is 69.1 Å². The molecule has 2 aromatic heterocycles. The Morgan fingerprint density at radius 3 is 2.61 bits per heavy atom. The van der Waals surface area contributed by atoms with E-state index in [1.54, 1.807) is 30.6 Å². The minimum absolute atomic E-state index is 0.0341. The first kappa shape index (κ1) is 25.2. The number of nitrogens with zero attached hydrogens (tertiary/aromatic N) is 7. The molecule has 4 rings (SSSR count). The second-order valence-corrected chi connectivity index (χ2v) is 8.99. The number of aryl methyl sites for hydroxylation is 1. The molecule has 0 unspecified atom stereocenters. The highest BCUT2D eigenvalue weighted by Gasteiger charge is 2.35. The molecule has 190 valence electrons. The van der Waals surface area contributed by atoms with Crippen LogP contribution in [0.3, 0.4) is 0 Å². The highest BCUT2D eigenvalue weighted by atomic mass is 19.4. The van der Waals surface area contributed by atoms with Crippen LogP contribution in [0.25, 0.3) is 22.4 Å². The maximum Gasteiger partial charge on any atom is 0.419 e. The predicted octanol–water partition coefficient (Wildman–Crippen LogP) is 4.08. The van der Waals surface area contributed by atoms with E-state index in [0.717, 1.165) is 18.9 Å². The third-order valence-electron chi connectivity index (χ3n) is 6.27. The van der Waals surface area contributed by atoms with Crippen LogP contribution in [-0.2, 0) is 13.2 Å². The molecular weight excluding hydrogens is 475 g/mol. The van der Waals surface area contributed by atoms with Crippen molar-refractivity contribution in [3.63, 3.8) is 0 Å². The van der Waals surface area contributed by atoms with E-state index < -0.39 is 11.7 Å². The number of likely N-dealkylation sites (tertiary alicyclic amines) is 1. The lowest BCUT2D eigenvalue weighted by atomic mass is 9.94. The van der Waals surface area contributed by atoms with E-state index in [1.807, 2.05) is 6.07 Å². The van der Waals surface area contributed by atoms with Gasteiger partial charge in [0.1, 0.15) is 23.0 Å². The predicted molar refractivity (Wildman–Crippen MR) is 125 cm³/mol. The smallest absolute Gasteiger partial charge is 0.419 e. The topological polar surface area (TPSA) is 100 Å². The van der Waals surface area contributed by atoms with Crippen LogP contribution in [0, 0.1) is 17.2 Å². The molecule has 1 saturated heterocycles. The first-order valence-corrected chi connectivity index (χ1v) is 11.5. The molecule has 1 aliphatic rings. The van der Waals surface area contributed by atoms with Crippen LogP contribution >= 0.6 is 0 Å². The second-order valence-electron chi connectivity index (χ2n) is 8.99. The molecule has 3 aromatic rings. The molecule has 1 aromatic carbocycles. The standard InChI is InChI=1S/C24H26F3N7O2/c1-32(2)23(35)34-9-6-15(7-10-34)8-11-36-18-5-4-16(12-17(18)24(25,26)27)20-21-22(33(3)14-29-21)31-19(13-28)30-20/h4-5,12,14-15H,6-11H2,1-3H3. The number of alkyl halides is 3. The Bertz CT molecular complexity index is 1310. The number of hydrogen-bond acceptors (Lipinski definition) is 6. The Kier molecular flexibility index (Phi) is 7.01. The molecule has 9 nitrogen and oxygen atoms in total. The SMILES string of the molecule is CN(C)C(=O)N1CCC(CCOc2ccc(-c3nc(C#N)nc4c3ncn4C)cc2C(F)(F)F)CC1. The molecule has 0 aliphatic carbocycles. The van der Waals surface area contributed by atoms with Crippen LogP contribution in [0.5, 0.6) is 5.75 Å². The van der Waals surface area contributed by atoms with Gasteiger partial charge in [-0.2, -0.15) is 23.4 Å². The van der Waals surface area contributed by atoms with E-state index in [1.165, 1.54) is 23.4 Å². The van der Waals surface area contributed by atoms with Crippen molar-refractivity contribution < 1.29 is 22.7 Å². The summed E-state index contributed by atoms with van der Waals surface area (Å²) >= 11 is 0. The van der Waals surface area contributed by atoms with Crippen molar-refractivity contribution in [2.45, 2.75) is 25.4 Å². The lowest BCUT2D eigenvalue weighted by Gasteiger charge is -2.33. The van der Waals surface area contributed by atoms with Crippen molar-refractivity contribution in [3.05, 3.63) is 35.9 Å². The van der Waals surface area contributed by atoms with Gasteiger partial charge >= 0.3 is 12.2 Å². The van der Waals surface area contributed by atoms with Crippen molar-refractivity contribution in [1.29, 1.82) is 5.26 Å². The molecule has 0 N–H and O–H groups in total. The lowest BCUT2D eigenvalue weighted by Crippen LogP contribution is -2.44. The van der Waals surface area contributed by atoms with Gasteiger partial charge in [-0.05, 0) is 43.4 Å². The van der Waals surface area contributed by atoms with Gasteiger partial charge in [-0.1, -0.05) is 0 Å². The molecule has 36 heavy (non-hydrogen) atoms. The number of carbonyl (C=O) groups is 1. The molecular formula is C24H26F3N7O2. The van der Waals surface area contributed by atoms with Gasteiger partial charge in [0.15, 0.2) is 5.65 Å². The zero-order valence-electron chi connectivity index (χ0n) is 20.2. The summed E-state index contributed by atoms with van der Waals surface area (Å²) in [4.78, 5) is 27.8. The Morgan fingerprint density at radius 1 is 1.25 bits per heavy atom. The van der Waals surface area contributed by atoms with Crippen molar-refractivity contribution in [3.8, 4) is 23.1 Å². The van der Waals surface area contributed by atoms with Gasteiger partial charge < -0.3 is 19.1 Å². The third-order valence-corrected chi connectivity index (χ3v) is 6.27. The minimum atomic E-state index is -4.66. The zero-order valence-corrected chi connectivity index (χ0v) is 20.2. The summed E-state index contributed by atoms with van der Waals surface area (Å²) in [5, 5.41) is 9.27. The number of carbonyl (C=O) groups excluding carboxylic acids is 1. The van der Waals surface area contributed by atoms with Gasteiger partial charge in [0.05, 0.1) is 18.5 Å². The summed E-state index contributed by atoms with van der Waals surface area (Å²) in [5.74, 6) is -0.153. The number of hydrogen-bond donors (Lipinski definition) is 0. The number of fused-ring (bicyclic) bond motifs is 1. The number of urea groups is 1. The van der Waals surface area contributed by atoms with E-state index >= 15 is 0 Å². The fraction of sp³-hybridized carbons (Fsp3) is 0.458. The number of halogens is 3. The van der Waals surface area contributed by atoms with Gasteiger partial charge in [-0.15, -0.1) is 0 Å². The van der Waals surface area contributed by atoms with E-state index in [0.29, 0.717) is 30.7 Å². The largest absolute Gasteiger partial charge is 0.493 e. The Hall–Kier alpha value is -3.88. The first-order chi connectivity index (χ1) is 17.1.